The van der Waals surface area contributed by atoms with Gasteiger partial charge in [-0.05, 0) is 18.6 Å². The second-order valence-corrected chi connectivity index (χ2v) is 3.57. The van der Waals surface area contributed by atoms with E-state index in [0.717, 1.165) is 12.1 Å². The molecule has 0 aromatic heterocycles. The summed E-state index contributed by atoms with van der Waals surface area (Å²) in [5.74, 6) is 0. The lowest BCUT2D eigenvalue weighted by Crippen LogP contribution is -1.97. The van der Waals surface area contributed by atoms with Gasteiger partial charge in [0.05, 0.1) is 10.5 Å². The van der Waals surface area contributed by atoms with Crippen LogP contribution in [0, 0.1) is 17.0 Å². The minimum Gasteiger partial charge on any atom is -0.258 e. The zero-order valence-corrected chi connectivity index (χ0v) is 8.72. The van der Waals surface area contributed by atoms with Crippen LogP contribution in [0.4, 0.5) is 14.5 Å². The number of hydrogen-bond donors (Lipinski definition) is 0. The maximum absolute atomic E-state index is 12.4. The number of hydrogen-bond acceptors (Lipinski definition) is 2. The fraction of sp³-hybridized carbons (Fsp3) is 0.250. The van der Waals surface area contributed by atoms with Crippen molar-refractivity contribution in [2.75, 3.05) is 0 Å². The van der Waals surface area contributed by atoms with Crippen molar-refractivity contribution in [1.29, 1.82) is 0 Å². The summed E-state index contributed by atoms with van der Waals surface area (Å²) in [6.07, 6.45) is -2.84. The molecule has 0 amide bonds. The number of nitro benzene ring substituents is 1. The molecule has 0 spiro atoms. The van der Waals surface area contributed by atoms with Crippen molar-refractivity contribution in [3.8, 4) is 0 Å². The normalized spacial score (nSPS) is 10.6. The minimum atomic E-state index is -2.84. The van der Waals surface area contributed by atoms with E-state index in [1.165, 1.54) is 0 Å². The van der Waals surface area contributed by atoms with Gasteiger partial charge in [-0.2, -0.15) is 0 Å². The molecule has 0 radical (unpaired) electrons. The van der Waals surface area contributed by atoms with Crippen LogP contribution in [-0.2, 0) is 0 Å². The largest absolute Gasteiger partial charge is 0.278 e. The van der Waals surface area contributed by atoms with Crippen LogP contribution in [0.1, 0.15) is 17.6 Å². The van der Waals surface area contributed by atoms with Crippen LogP contribution < -0.4 is 0 Å². The molecule has 14 heavy (non-hydrogen) atoms. The lowest BCUT2D eigenvalue weighted by Gasteiger charge is -2.04. The fourth-order valence-corrected chi connectivity index (χ4v) is 1.38. The predicted molar refractivity (Wildman–Crippen MR) is 50.5 cm³/mol. The molecule has 6 heteroatoms. The second kappa shape index (κ2) is 4.00. The van der Waals surface area contributed by atoms with E-state index in [2.05, 4.69) is 15.9 Å². The number of halogens is 3. The lowest BCUT2D eigenvalue weighted by molar-refractivity contribution is -0.386. The van der Waals surface area contributed by atoms with Crippen molar-refractivity contribution in [2.24, 2.45) is 0 Å². The average molecular weight is 266 g/mol. The van der Waals surface area contributed by atoms with Gasteiger partial charge in [-0.25, -0.2) is 8.78 Å². The molecule has 0 saturated heterocycles. The van der Waals surface area contributed by atoms with E-state index in [0.29, 0.717) is 10.0 Å². The Hall–Kier alpha value is -1.04. The molecular formula is C8H6BrF2NO2. The highest BCUT2D eigenvalue weighted by Gasteiger charge is 2.22. The molecule has 0 aliphatic heterocycles. The van der Waals surface area contributed by atoms with Gasteiger partial charge < -0.3 is 0 Å². The fourth-order valence-electron chi connectivity index (χ4n) is 1.01. The first-order chi connectivity index (χ1) is 6.43. The van der Waals surface area contributed by atoms with Crippen molar-refractivity contribution in [3.63, 3.8) is 0 Å². The molecule has 0 aliphatic rings. The van der Waals surface area contributed by atoms with Crippen molar-refractivity contribution >= 4 is 21.6 Å². The second-order valence-electron chi connectivity index (χ2n) is 2.72. The van der Waals surface area contributed by atoms with E-state index >= 15 is 0 Å². The lowest BCUT2D eigenvalue weighted by atomic mass is 10.1. The third kappa shape index (κ3) is 2.06. The van der Waals surface area contributed by atoms with Gasteiger partial charge in [0.2, 0.25) is 0 Å². The van der Waals surface area contributed by atoms with Crippen molar-refractivity contribution in [1.82, 2.24) is 0 Å². The quantitative estimate of drug-likeness (QED) is 0.606. The Morgan fingerprint density at radius 1 is 1.50 bits per heavy atom. The SMILES string of the molecule is Cc1cc([N+](=O)[O-])c(C(F)F)cc1Br. The summed E-state index contributed by atoms with van der Waals surface area (Å²) in [6.45, 7) is 1.60. The molecule has 0 N–H and O–H groups in total. The molecule has 0 saturated carbocycles. The Morgan fingerprint density at radius 3 is 2.50 bits per heavy atom. The zero-order valence-electron chi connectivity index (χ0n) is 7.13. The van der Waals surface area contributed by atoms with Crippen LogP contribution in [0.15, 0.2) is 16.6 Å². The van der Waals surface area contributed by atoms with Crippen LogP contribution in [0.5, 0.6) is 0 Å². The number of rotatable bonds is 2. The first-order valence-electron chi connectivity index (χ1n) is 3.66. The van der Waals surface area contributed by atoms with E-state index in [4.69, 9.17) is 0 Å². The Morgan fingerprint density at radius 2 is 2.07 bits per heavy atom. The van der Waals surface area contributed by atoms with Gasteiger partial charge in [0.25, 0.3) is 12.1 Å². The van der Waals surface area contributed by atoms with Gasteiger partial charge in [0.15, 0.2) is 0 Å². The summed E-state index contributed by atoms with van der Waals surface area (Å²) in [6, 6.07) is 2.21. The van der Waals surface area contributed by atoms with Crippen LogP contribution in [-0.4, -0.2) is 4.92 Å². The Balaban J connectivity index is 3.39. The van der Waals surface area contributed by atoms with Crippen LogP contribution in [0.25, 0.3) is 0 Å². The van der Waals surface area contributed by atoms with E-state index < -0.39 is 22.6 Å². The minimum absolute atomic E-state index is 0.443. The van der Waals surface area contributed by atoms with Gasteiger partial charge in [-0.1, -0.05) is 15.9 Å². The number of aryl methyl sites for hydroxylation is 1. The van der Waals surface area contributed by atoms with Gasteiger partial charge >= 0.3 is 0 Å². The summed E-state index contributed by atoms with van der Waals surface area (Å²) in [5.41, 5.74) is -0.547. The third-order valence-electron chi connectivity index (χ3n) is 1.74. The molecule has 3 nitrogen and oxygen atoms in total. The van der Waals surface area contributed by atoms with E-state index in [1.807, 2.05) is 0 Å². The summed E-state index contributed by atoms with van der Waals surface area (Å²) in [5, 5.41) is 10.4. The molecule has 0 bridgehead atoms. The van der Waals surface area contributed by atoms with Crippen LogP contribution in [0.2, 0.25) is 0 Å². The van der Waals surface area contributed by atoms with Crippen molar-refractivity contribution in [3.05, 3.63) is 37.8 Å². The van der Waals surface area contributed by atoms with Crippen molar-refractivity contribution in [2.45, 2.75) is 13.3 Å². The number of nitro groups is 1. The summed E-state index contributed by atoms with van der Waals surface area (Å²) in [4.78, 5) is 9.64. The maximum atomic E-state index is 12.4. The number of nitrogens with zero attached hydrogens (tertiary/aromatic N) is 1. The highest BCUT2D eigenvalue weighted by atomic mass is 79.9. The number of alkyl halides is 2. The van der Waals surface area contributed by atoms with E-state index in [-0.39, 0.29) is 0 Å². The molecule has 1 aromatic carbocycles. The summed E-state index contributed by atoms with van der Waals surface area (Å²) in [7, 11) is 0. The van der Waals surface area contributed by atoms with E-state index in [1.54, 1.807) is 6.92 Å². The zero-order chi connectivity index (χ0) is 10.9. The van der Waals surface area contributed by atoms with Crippen molar-refractivity contribution < 1.29 is 13.7 Å². The first kappa shape index (κ1) is 11.0. The molecule has 0 heterocycles. The third-order valence-corrected chi connectivity index (χ3v) is 2.59. The Kier molecular flexibility index (Phi) is 3.15. The highest BCUT2D eigenvalue weighted by molar-refractivity contribution is 9.10. The standard InChI is InChI=1S/C8H6BrF2NO2/c1-4-2-7(12(13)14)5(8(10)11)3-6(4)9/h2-3,8H,1H3. The first-order valence-corrected chi connectivity index (χ1v) is 4.45. The molecule has 0 atom stereocenters. The molecule has 1 aromatic rings. The molecule has 0 unspecified atom stereocenters. The monoisotopic (exact) mass is 265 g/mol. The topological polar surface area (TPSA) is 43.1 Å². The predicted octanol–water partition coefficient (Wildman–Crippen LogP) is 3.60. The van der Waals surface area contributed by atoms with Crippen LogP contribution >= 0.6 is 15.9 Å². The van der Waals surface area contributed by atoms with Gasteiger partial charge in [-0.15, -0.1) is 0 Å². The molecule has 76 valence electrons. The average Bonchev–Trinajstić information content (AvgIpc) is 2.08. The molecule has 0 aliphatic carbocycles. The smallest absolute Gasteiger partial charge is 0.258 e. The molecule has 1 rings (SSSR count). The summed E-state index contributed by atoms with van der Waals surface area (Å²) < 4.78 is 25.2. The molecule has 0 fully saturated rings. The van der Waals surface area contributed by atoms with Gasteiger partial charge in [0, 0.05) is 10.5 Å². The van der Waals surface area contributed by atoms with Gasteiger partial charge in [-0.3, -0.25) is 10.1 Å². The van der Waals surface area contributed by atoms with Crippen LogP contribution in [0.3, 0.4) is 0 Å². The number of benzene rings is 1. The van der Waals surface area contributed by atoms with Gasteiger partial charge in [0.1, 0.15) is 0 Å². The molecular weight excluding hydrogens is 260 g/mol. The summed E-state index contributed by atoms with van der Waals surface area (Å²) >= 11 is 3.04. The Labute approximate surface area is 87.0 Å². The van der Waals surface area contributed by atoms with E-state index in [9.17, 15) is 18.9 Å². The maximum Gasteiger partial charge on any atom is 0.278 e. The Bertz CT molecular complexity index is 382. The highest BCUT2D eigenvalue weighted by Crippen LogP contribution is 2.33.